The highest BCUT2D eigenvalue weighted by molar-refractivity contribution is 7.88. The maximum Gasteiger partial charge on any atom is 0.226 e. The van der Waals surface area contributed by atoms with Crippen LogP contribution in [-0.2, 0) is 14.8 Å². The van der Waals surface area contributed by atoms with Crippen LogP contribution in [-0.4, -0.2) is 20.6 Å². The molecule has 1 amide bonds. The molecule has 0 saturated heterocycles. The van der Waals surface area contributed by atoms with Gasteiger partial charge in [-0.05, 0) is 35.9 Å². The monoisotopic (exact) mass is 386 g/mol. The Hall–Kier alpha value is -1.60. The lowest BCUT2D eigenvalue weighted by molar-refractivity contribution is -0.116. The van der Waals surface area contributed by atoms with Crippen molar-refractivity contribution in [2.24, 2.45) is 0 Å². The van der Waals surface area contributed by atoms with Gasteiger partial charge in [0.1, 0.15) is 0 Å². The normalized spacial score (nSPS) is 12.6. The van der Waals surface area contributed by atoms with E-state index in [0.29, 0.717) is 21.3 Å². The van der Waals surface area contributed by atoms with Crippen LogP contribution in [0.1, 0.15) is 18.0 Å². The van der Waals surface area contributed by atoms with Gasteiger partial charge in [-0.3, -0.25) is 4.79 Å². The molecule has 2 N–H and O–H groups in total. The van der Waals surface area contributed by atoms with Gasteiger partial charge in [0.25, 0.3) is 0 Å². The summed E-state index contributed by atoms with van der Waals surface area (Å²) < 4.78 is 25.6. The van der Waals surface area contributed by atoms with E-state index >= 15 is 0 Å². The average molecular weight is 387 g/mol. The van der Waals surface area contributed by atoms with Crippen molar-refractivity contribution in [3.05, 3.63) is 64.1 Å². The van der Waals surface area contributed by atoms with E-state index in [1.54, 1.807) is 48.5 Å². The molecule has 128 valence electrons. The molecule has 0 radical (unpaired) electrons. The van der Waals surface area contributed by atoms with Crippen LogP contribution in [0.3, 0.4) is 0 Å². The number of benzene rings is 2. The summed E-state index contributed by atoms with van der Waals surface area (Å²) in [6.45, 7) is 0. The molecule has 1 atom stereocenters. The van der Waals surface area contributed by atoms with Crippen LogP contribution >= 0.6 is 23.2 Å². The van der Waals surface area contributed by atoms with Crippen LogP contribution in [0.2, 0.25) is 10.0 Å². The molecule has 0 aromatic heterocycles. The highest BCUT2D eigenvalue weighted by Gasteiger charge is 2.20. The molecule has 0 spiro atoms. The second-order valence-electron chi connectivity index (χ2n) is 5.26. The zero-order valence-electron chi connectivity index (χ0n) is 12.8. The Balaban J connectivity index is 2.15. The van der Waals surface area contributed by atoms with E-state index in [2.05, 4.69) is 10.0 Å². The van der Waals surface area contributed by atoms with Crippen molar-refractivity contribution < 1.29 is 13.2 Å². The van der Waals surface area contributed by atoms with Crippen molar-refractivity contribution in [3.8, 4) is 0 Å². The summed E-state index contributed by atoms with van der Waals surface area (Å²) in [5.41, 5.74) is 1.19. The van der Waals surface area contributed by atoms with Gasteiger partial charge in [0, 0.05) is 22.2 Å². The summed E-state index contributed by atoms with van der Waals surface area (Å²) in [6.07, 6.45) is 0.978. The minimum absolute atomic E-state index is 0.0682. The highest BCUT2D eigenvalue weighted by Crippen LogP contribution is 2.22. The molecule has 0 bridgehead atoms. The first-order valence-corrected chi connectivity index (χ1v) is 9.66. The van der Waals surface area contributed by atoms with Crippen LogP contribution in [0.4, 0.5) is 5.69 Å². The fraction of sp³-hybridized carbons (Fsp3) is 0.188. The first-order chi connectivity index (χ1) is 11.2. The molecular formula is C16H16Cl2N2O3S. The van der Waals surface area contributed by atoms with Crippen LogP contribution in [0, 0.1) is 0 Å². The van der Waals surface area contributed by atoms with Crippen molar-refractivity contribution in [1.29, 1.82) is 0 Å². The second-order valence-corrected chi connectivity index (χ2v) is 7.91. The Bertz CT molecular complexity index is 823. The minimum atomic E-state index is -3.49. The Labute approximate surface area is 151 Å². The van der Waals surface area contributed by atoms with Gasteiger partial charge < -0.3 is 5.32 Å². The summed E-state index contributed by atoms with van der Waals surface area (Å²) in [6, 6.07) is 12.7. The lowest BCUT2D eigenvalue weighted by Gasteiger charge is -2.18. The quantitative estimate of drug-likeness (QED) is 0.795. The van der Waals surface area contributed by atoms with Crippen LogP contribution < -0.4 is 10.0 Å². The molecule has 2 rings (SSSR count). The number of rotatable bonds is 6. The molecule has 24 heavy (non-hydrogen) atoms. The summed E-state index contributed by atoms with van der Waals surface area (Å²) in [7, 11) is -3.49. The molecule has 5 nitrogen and oxygen atoms in total. The lowest BCUT2D eigenvalue weighted by atomic mass is 10.0. The van der Waals surface area contributed by atoms with Crippen LogP contribution in [0.15, 0.2) is 48.5 Å². The van der Waals surface area contributed by atoms with E-state index in [0.717, 1.165) is 6.26 Å². The molecule has 0 aliphatic rings. The summed E-state index contributed by atoms with van der Waals surface area (Å²) in [5.74, 6) is -0.339. The number of sulfonamides is 1. The maximum absolute atomic E-state index is 12.2. The number of hydrogen-bond donors (Lipinski definition) is 2. The molecule has 0 aliphatic heterocycles. The average Bonchev–Trinajstić information content (AvgIpc) is 2.45. The van der Waals surface area contributed by atoms with E-state index in [1.807, 2.05) is 0 Å². The third-order valence-corrected chi connectivity index (χ3v) is 4.33. The number of anilines is 1. The number of carbonyl (C=O) groups excluding carboxylic acids is 1. The van der Waals surface area contributed by atoms with Crippen molar-refractivity contribution in [3.63, 3.8) is 0 Å². The number of nitrogens with one attached hydrogen (secondary N) is 2. The van der Waals surface area contributed by atoms with Crippen LogP contribution in [0.25, 0.3) is 0 Å². The molecule has 0 saturated carbocycles. The van der Waals surface area contributed by atoms with E-state index in [9.17, 15) is 13.2 Å². The van der Waals surface area contributed by atoms with Crippen LogP contribution in [0.5, 0.6) is 0 Å². The highest BCUT2D eigenvalue weighted by atomic mass is 35.5. The van der Waals surface area contributed by atoms with Gasteiger partial charge in [-0.15, -0.1) is 0 Å². The molecule has 2 aromatic carbocycles. The van der Waals surface area contributed by atoms with Gasteiger partial charge in [0.2, 0.25) is 15.9 Å². The SMILES string of the molecule is CS(=O)(=O)NC(CC(=O)Nc1cccc(Cl)c1)c1ccc(Cl)cc1. The van der Waals surface area contributed by atoms with E-state index in [1.165, 1.54) is 0 Å². The Morgan fingerprint density at radius 2 is 1.75 bits per heavy atom. The fourth-order valence-corrected chi connectivity index (χ4v) is 3.20. The minimum Gasteiger partial charge on any atom is -0.326 e. The van der Waals surface area contributed by atoms with Crippen molar-refractivity contribution >= 4 is 44.8 Å². The van der Waals surface area contributed by atoms with Gasteiger partial charge in [0.15, 0.2) is 0 Å². The predicted octanol–water partition coefficient (Wildman–Crippen LogP) is 3.61. The standard InChI is InChI=1S/C16H16Cl2N2O3S/c1-24(22,23)20-15(11-5-7-12(17)8-6-11)10-16(21)19-14-4-2-3-13(18)9-14/h2-9,15,20H,10H2,1H3,(H,19,21). The van der Waals surface area contributed by atoms with Gasteiger partial charge >= 0.3 is 0 Å². The number of halogens is 2. The molecular weight excluding hydrogens is 371 g/mol. The Morgan fingerprint density at radius 1 is 1.08 bits per heavy atom. The molecule has 2 aromatic rings. The van der Waals surface area contributed by atoms with E-state index < -0.39 is 16.1 Å². The third-order valence-electron chi connectivity index (χ3n) is 3.13. The molecule has 0 aliphatic carbocycles. The predicted molar refractivity (Wildman–Crippen MR) is 96.9 cm³/mol. The molecule has 1 unspecified atom stereocenters. The van der Waals surface area contributed by atoms with Crippen molar-refractivity contribution in [2.45, 2.75) is 12.5 Å². The Kier molecular flexibility index (Phi) is 6.23. The van der Waals surface area contributed by atoms with Crippen molar-refractivity contribution in [2.75, 3.05) is 11.6 Å². The lowest BCUT2D eigenvalue weighted by Crippen LogP contribution is -2.30. The summed E-state index contributed by atoms with van der Waals surface area (Å²) >= 11 is 11.7. The zero-order chi connectivity index (χ0) is 17.7. The maximum atomic E-state index is 12.2. The topological polar surface area (TPSA) is 75.3 Å². The van der Waals surface area contributed by atoms with Crippen molar-refractivity contribution in [1.82, 2.24) is 4.72 Å². The Morgan fingerprint density at radius 3 is 2.33 bits per heavy atom. The first kappa shape index (κ1) is 18.7. The summed E-state index contributed by atoms with van der Waals surface area (Å²) in [4.78, 5) is 12.2. The van der Waals surface area contributed by atoms with Gasteiger partial charge in [-0.1, -0.05) is 41.4 Å². The summed E-state index contributed by atoms with van der Waals surface area (Å²) in [5, 5.41) is 3.72. The number of carbonyl (C=O) groups is 1. The molecule has 8 heteroatoms. The molecule has 0 fully saturated rings. The molecule has 0 heterocycles. The largest absolute Gasteiger partial charge is 0.326 e. The van der Waals surface area contributed by atoms with E-state index in [4.69, 9.17) is 23.2 Å². The van der Waals surface area contributed by atoms with E-state index in [-0.39, 0.29) is 12.3 Å². The fourth-order valence-electron chi connectivity index (χ4n) is 2.14. The number of amides is 1. The zero-order valence-corrected chi connectivity index (χ0v) is 15.1. The third kappa shape index (κ3) is 6.13. The smallest absolute Gasteiger partial charge is 0.226 e. The number of hydrogen-bond acceptors (Lipinski definition) is 3. The first-order valence-electron chi connectivity index (χ1n) is 7.01. The van der Waals surface area contributed by atoms with Gasteiger partial charge in [0.05, 0.1) is 12.3 Å². The van der Waals surface area contributed by atoms with Gasteiger partial charge in [-0.2, -0.15) is 0 Å². The van der Waals surface area contributed by atoms with Gasteiger partial charge in [-0.25, -0.2) is 13.1 Å². The second kappa shape index (κ2) is 7.98.